The van der Waals surface area contributed by atoms with Gasteiger partial charge in [0.2, 0.25) is 0 Å². The molecule has 1 unspecified atom stereocenters. The highest BCUT2D eigenvalue weighted by molar-refractivity contribution is 5.21. The molecule has 1 aliphatic rings. The van der Waals surface area contributed by atoms with E-state index in [1.54, 1.807) is 12.1 Å². The van der Waals surface area contributed by atoms with Gasteiger partial charge in [-0.15, -0.1) is 0 Å². The topological polar surface area (TPSA) is 46.3 Å². The van der Waals surface area contributed by atoms with E-state index in [0.717, 1.165) is 29.9 Å². The second-order valence-corrected chi connectivity index (χ2v) is 4.68. The number of benzene rings is 1. The molecule has 0 saturated heterocycles. The van der Waals surface area contributed by atoms with E-state index in [4.69, 9.17) is 4.42 Å². The summed E-state index contributed by atoms with van der Waals surface area (Å²) in [5.74, 6) is 1.19. The highest BCUT2D eigenvalue weighted by Gasteiger charge is 2.22. The lowest BCUT2D eigenvalue weighted by Crippen LogP contribution is -2.17. The third-order valence-electron chi connectivity index (χ3n) is 3.23. The van der Waals surface area contributed by atoms with E-state index in [-0.39, 0.29) is 11.9 Å². The van der Waals surface area contributed by atoms with Crippen LogP contribution in [0.25, 0.3) is 0 Å². The number of halogens is 1. The number of oxazole rings is 1. The highest BCUT2D eigenvalue weighted by atomic mass is 19.1. The van der Waals surface area contributed by atoms with Gasteiger partial charge in [0.15, 0.2) is 5.89 Å². The van der Waals surface area contributed by atoms with Gasteiger partial charge in [-0.2, -0.15) is 0 Å². The average Bonchev–Trinajstić information content (AvgIpc) is 2.73. The van der Waals surface area contributed by atoms with Crippen molar-refractivity contribution in [3.8, 4) is 0 Å². The van der Waals surface area contributed by atoms with E-state index in [0.29, 0.717) is 18.7 Å². The Morgan fingerprint density at radius 3 is 2.89 bits per heavy atom. The minimum absolute atomic E-state index is 0.242. The fourth-order valence-electron chi connectivity index (χ4n) is 2.26. The SMILES string of the molecule is OC1CCc2nc(Cc3ccc(F)cc3)oc2C1. The van der Waals surface area contributed by atoms with Crippen molar-refractivity contribution in [2.24, 2.45) is 0 Å². The van der Waals surface area contributed by atoms with Gasteiger partial charge in [-0.05, 0) is 30.5 Å². The zero-order valence-electron chi connectivity index (χ0n) is 9.90. The number of hydrogen-bond acceptors (Lipinski definition) is 3. The zero-order valence-corrected chi connectivity index (χ0v) is 9.90. The number of fused-ring (bicyclic) bond motifs is 1. The zero-order chi connectivity index (χ0) is 12.5. The number of nitrogens with zero attached hydrogens (tertiary/aromatic N) is 1. The van der Waals surface area contributed by atoms with Gasteiger partial charge in [0.25, 0.3) is 0 Å². The van der Waals surface area contributed by atoms with Gasteiger partial charge < -0.3 is 9.52 Å². The van der Waals surface area contributed by atoms with Crippen LogP contribution in [-0.2, 0) is 19.3 Å². The van der Waals surface area contributed by atoms with E-state index >= 15 is 0 Å². The van der Waals surface area contributed by atoms with Crippen molar-refractivity contribution in [1.82, 2.24) is 4.98 Å². The molecular weight excluding hydrogens is 233 g/mol. The third-order valence-corrected chi connectivity index (χ3v) is 3.23. The van der Waals surface area contributed by atoms with Crippen LogP contribution in [0.2, 0.25) is 0 Å². The summed E-state index contributed by atoms with van der Waals surface area (Å²) in [7, 11) is 0. The van der Waals surface area contributed by atoms with Gasteiger partial charge in [-0.25, -0.2) is 9.37 Å². The summed E-state index contributed by atoms with van der Waals surface area (Å²) in [6.07, 6.45) is 2.30. The monoisotopic (exact) mass is 247 g/mol. The molecule has 1 atom stereocenters. The van der Waals surface area contributed by atoms with Gasteiger partial charge in [0, 0.05) is 12.8 Å². The lowest BCUT2D eigenvalue weighted by Gasteiger charge is -2.13. The van der Waals surface area contributed by atoms with E-state index in [2.05, 4.69) is 4.98 Å². The smallest absolute Gasteiger partial charge is 0.199 e. The van der Waals surface area contributed by atoms with Crippen LogP contribution in [0.5, 0.6) is 0 Å². The molecule has 0 bridgehead atoms. The Bertz CT molecular complexity index is 547. The molecule has 3 nitrogen and oxygen atoms in total. The largest absolute Gasteiger partial charge is 0.445 e. The van der Waals surface area contributed by atoms with Crippen LogP contribution < -0.4 is 0 Å². The molecule has 3 rings (SSSR count). The Morgan fingerprint density at radius 2 is 2.11 bits per heavy atom. The summed E-state index contributed by atoms with van der Waals surface area (Å²) >= 11 is 0. The minimum Gasteiger partial charge on any atom is -0.445 e. The summed E-state index contributed by atoms with van der Waals surface area (Å²) in [6, 6.07) is 6.32. The molecule has 0 radical (unpaired) electrons. The molecule has 0 saturated carbocycles. The van der Waals surface area contributed by atoms with E-state index in [9.17, 15) is 9.50 Å². The molecule has 2 aromatic rings. The Labute approximate surface area is 104 Å². The minimum atomic E-state index is -0.316. The summed E-state index contributed by atoms with van der Waals surface area (Å²) < 4.78 is 18.4. The molecule has 18 heavy (non-hydrogen) atoms. The second-order valence-electron chi connectivity index (χ2n) is 4.68. The maximum Gasteiger partial charge on any atom is 0.199 e. The lowest BCUT2D eigenvalue weighted by molar-refractivity contribution is 0.149. The van der Waals surface area contributed by atoms with E-state index in [1.807, 2.05) is 0 Å². The first-order chi connectivity index (χ1) is 8.70. The maximum absolute atomic E-state index is 12.8. The number of hydrogen-bond donors (Lipinski definition) is 1. The highest BCUT2D eigenvalue weighted by Crippen LogP contribution is 2.23. The fourth-order valence-corrected chi connectivity index (χ4v) is 2.26. The number of rotatable bonds is 2. The van der Waals surface area contributed by atoms with Crippen molar-refractivity contribution in [3.63, 3.8) is 0 Å². The predicted molar refractivity (Wildman–Crippen MR) is 63.7 cm³/mol. The van der Waals surface area contributed by atoms with E-state index in [1.165, 1.54) is 12.1 Å². The number of aliphatic hydroxyl groups is 1. The number of aromatic nitrogens is 1. The van der Waals surface area contributed by atoms with Crippen LogP contribution in [0.3, 0.4) is 0 Å². The van der Waals surface area contributed by atoms with Crippen LogP contribution in [0, 0.1) is 5.82 Å². The first kappa shape index (κ1) is 11.4. The molecule has 0 amide bonds. The second kappa shape index (κ2) is 4.53. The Hall–Kier alpha value is -1.68. The summed E-state index contributed by atoms with van der Waals surface area (Å²) in [6.45, 7) is 0. The first-order valence-electron chi connectivity index (χ1n) is 6.10. The summed E-state index contributed by atoms with van der Waals surface area (Å²) in [4.78, 5) is 4.43. The summed E-state index contributed by atoms with van der Waals surface area (Å²) in [5, 5.41) is 9.56. The number of aliphatic hydroxyl groups excluding tert-OH is 1. The predicted octanol–water partition coefficient (Wildman–Crippen LogP) is 2.25. The van der Waals surface area contributed by atoms with E-state index < -0.39 is 0 Å². The molecule has 94 valence electrons. The van der Waals surface area contributed by atoms with Crippen molar-refractivity contribution >= 4 is 0 Å². The standard InChI is InChI=1S/C14H14FNO2/c15-10-3-1-9(2-4-10)7-14-16-12-6-5-11(17)8-13(12)18-14/h1-4,11,17H,5-8H2. The van der Waals surface area contributed by atoms with Crippen molar-refractivity contribution in [3.05, 3.63) is 53.0 Å². The van der Waals surface area contributed by atoms with Gasteiger partial charge in [0.05, 0.1) is 11.8 Å². The van der Waals surface area contributed by atoms with Crippen molar-refractivity contribution < 1.29 is 13.9 Å². The Morgan fingerprint density at radius 1 is 1.33 bits per heavy atom. The molecule has 1 aromatic heterocycles. The Kier molecular flexibility index (Phi) is 2.88. The molecule has 0 fully saturated rings. The number of aryl methyl sites for hydroxylation is 1. The van der Waals surface area contributed by atoms with Gasteiger partial charge in [0.1, 0.15) is 11.6 Å². The van der Waals surface area contributed by atoms with Gasteiger partial charge >= 0.3 is 0 Å². The quantitative estimate of drug-likeness (QED) is 0.885. The molecule has 4 heteroatoms. The first-order valence-corrected chi connectivity index (χ1v) is 6.10. The van der Waals surface area contributed by atoms with Gasteiger partial charge in [-0.1, -0.05) is 12.1 Å². The normalized spacial score (nSPS) is 18.7. The van der Waals surface area contributed by atoms with Crippen LogP contribution >= 0.6 is 0 Å². The maximum atomic E-state index is 12.8. The van der Waals surface area contributed by atoms with Crippen molar-refractivity contribution in [2.75, 3.05) is 0 Å². The lowest BCUT2D eigenvalue weighted by atomic mass is 9.99. The molecule has 1 aliphatic carbocycles. The van der Waals surface area contributed by atoms with Crippen molar-refractivity contribution in [1.29, 1.82) is 0 Å². The average molecular weight is 247 g/mol. The Balaban J connectivity index is 1.79. The van der Waals surface area contributed by atoms with Crippen LogP contribution in [0.4, 0.5) is 4.39 Å². The third kappa shape index (κ3) is 2.29. The molecular formula is C14H14FNO2. The van der Waals surface area contributed by atoms with Gasteiger partial charge in [-0.3, -0.25) is 0 Å². The fraction of sp³-hybridized carbons (Fsp3) is 0.357. The van der Waals surface area contributed by atoms with Crippen LogP contribution in [0.1, 0.15) is 29.3 Å². The van der Waals surface area contributed by atoms with Crippen LogP contribution in [-0.4, -0.2) is 16.2 Å². The molecule has 1 N–H and O–H groups in total. The molecule has 0 aliphatic heterocycles. The van der Waals surface area contributed by atoms with Crippen molar-refractivity contribution in [2.45, 2.75) is 31.8 Å². The summed E-state index contributed by atoms with van der Waals surface area (Å²) in [5.41, 5.74) is 1.92. The molecule has 1 aromatic carbocycles. The molecule has 0 spiro atoms. The van der Waals surface area contributed by atoms with Crippen LogP contribution in [0.15, 0.2) is 28.7 Å². The molecule has 1 heterocycles.